The van der Waals surface area contributed by atoms with Gasteiger partial charge in [-0.1, -0.05) is 30.9 Å². The number of hydrogen-bond acceptors (Lipinski definition) is 1. The van der Waals surface area contributed by atoms with Gasteiger partial charge in [-0.05, 0) is 49.4 Å². The quantitative estimate of drug-likeness (QED) is 0.853. The zero-order chi connectivity index (χ0) is 13.3. The van der Waals surface area contributed by atoms with Crippen LogP contribution in [0, 0.1) is 19.7 Å². The molecule has 1 aromatic carbocycles. The van der Waals surface area contributed by atoms with Gasteiger partial charge in [-0.2, -0.15) is 0 Å². The molecule has 1 aliphatic carbocycles. The number of hydrogen-bond donors (Lipinski definition) is 1. The summed E-state index contributed by atoms with van der Waals surface area (Å²) < 4.78 is 14.5. The van der Waals surface area contributed by atoms with E-state index >= 15 is 0 Å². The van der Waals surface area contributed by atoms with Crippen molar-refractivity contribution in [3.63, 3.8) is 0 Å². The average Bonchev–Trinajstić information content (AvgIpc) is 2.38. The van der Waals surface area contributed by atoms with Crippen molar-refractivity contribution in [2.45, 2.75) is 51.4 Å². The van der Waals surface area contributed by atoms with Gasteiger partial charge in [0.05, 0.1) is 0 Å². The van der Waals surface area contributed by atoms with Crippen LogP contribution in [0.2, 0.25) is 5.02 Å². The van der Waals surface area contributed by atoms with Crippen LogP contribution >= 0.6 is 11.6 Å². The van der Waals surface area contributed by atoms with E-state index in [4.69, 9.17) is 17.3 Å². The van der Waals surface area contributed by atoms with Crippen LogP contribution in [0.5, 0.6) is 0 Å². The van der Waals surface area contributed by atoms with Crippen molar-refractivity contribution in [1.29, 1.82) is 0 Å². The first-order valence-electron chi connectivity index (χ1n) is 6.67. The second-order valence-electron chi connectivity index (χ2n) is 5.53. The third-order valence-corrected chi connectivity index (χ3v) is 4.77. The monoisotopic (exact) mass is 269 g/mol. The fourth-order valence-corrected chi connectivity index (χ4v) is 3.52. The predicted octanol–water partition coefficient (Wildman–Crippen LogP) is 4.26. The van der Waals surface area contributed by atoms with E-state index in [0.29, 0.717) is 17.1 Å². The first-order valence-corrected chi connectivity index (χ1v) is 7.05. The lowest BCUT2D eigenvalue weighted by Crippen LogP contribution is -2.39. The molecule has 0 bridgehead atoms. The standard InChI is InChI=1S/C15H21ClFN/c1-10-8-12(16)11(2)13(14(10)17)15(9-18)6-4-3-5-7-15/h8H,3-7,9,18H2,1-2H3. The Hall–Kier alpha value is -0.600. The Labute approximate surface area is 114 Å². The Balaban J connectivity index is 2.61. The summed E-state index contributed by atoms with van der Waals surface area (Å²) in [6.45, 7) is 4.19. The summed E-state index contributed by atoms with van der Waals surface area (Å²) >= 11 is 6.22. The summed E-state index contributed by atoms with van der Waals surface area (Å²) in [5.74, 6) is -0.107. The van der Waals surface area contributed by atoms with E-state index in [1.807, 2.05) is 6.92 Å². The normalized spacial score (nSPS) is 18.9. The van der Waals surface area contributed by atoms with Crippen molar-refractivity contribution in [1.82, 2.24) is 0 Å². The number of halogens is 2. The van der Waals surface area contributed by atoms with Gasteiger partial charge < -0.3 is 5.73 Å². The molecule has 1 aliphatic rings. The molecular weight excluding hydrogens is 249 g/mol. The second kappa shape index (κ2) is 5.18. The van der Waals surface area contributed by atoms with Crippen molar-refractivity contribution in [3.05, 3.63) is 33.6 Å². The molecule has 2 rings (SSSR count). The summed E-state index contributed by atoms with van der Waals surface area (Å²) in [7, 11) is 0. The van der Waals surface area contributed by atoms with Crippen molar-refractivity contribution < 1.29 is 4.39 Å². The molecule has 0 saturated heterocycles. The van der Waals surface area contributed by atoms with Gasteiger partial charge in [0.1, 0.15) is 5.82 Å². The molecule has 18 heavy (non-hydrogen) atoms. The van der Waals surface area contributed by atoms with Gasteiger partial charge in [0.25, 0.3) is 0 Å². The molecule has 0 amide bonds. The first kappa shape index (κ1) is 13.8. The molecule has 2 N–H and O–H groups in total. The van der Waals surface area contributed by atoms with Crippen LogP contribution in [0.3, 0.4) is 0 Å². The average molecular weight is 270 g/mol. The minimum Gasteiger partial charge on any atom is -0.330 e. The third kappa shape index (κ3) is 2.17. The van der Waals surface area contributed by atoms with Crippen LogP contribution < -0.4 is 5.73 Å². The molecule has 0 heterocycles. The second-order valence-corrected chi connectivity index (χ2v) is 5.94. The maximum Gasteiger partial charge on any atom is 0.130 e. The Morgan fingerprint density at radius 2 is 1.89 bits per heavy atom. The van der Waals surface area contributed by atoms with Gasteiger partial charge in [0, 0.05) is 17.0 Å². The Kier molecular flexibility index (Phi) is 3.98. The number of nitrogens with two attached hydrogens (primary N) is 1. The molecular formula is C15H21ClFN. The Bertz CT molecular complexity index is 424. The van der Waals surface area contributed by atoms with Gasteiger partial charge in [0.2, 0.25) is 0 Å². The highest BCUT2D eigenvalue weighted by molar-refractivity contribution is 6.31. The molecule has 1 saturated carbocycles. The maximum atomic E-state index is 14.5. The molecule has 0 aromatic heterocycles. The van der Waals surface area contributed by atoms with Gasteiger partial charge in [0.15, 0.2) is 0 Å². The molecule has 3 heteroatoms. The van der Waals surface area contributed by atoms with Gasteiger partial charge in [-0.25, -0.2) is 4.39 Å². The van der Waals surface area contributed by atoms with Crippen LogP contribution in [-0.4, -0.2) is 6.54 Å². The third-order valence-electron chi connectivity index (χ3n) is 4.37. The summed E-state index contributed by atoms with van der Waals surface area (Å²) in [5.41, 5.74) is 8.06. The van der Waals surface area contributed by atoms with Crippen LogP contribution in [0.25, 0.3) is 0 Å². The van der Waals surface area contributed by atoms with Crippen molar-refractivity contribution in [3.8, 4) is 0 Å². The number of aryl methyl sites for hydroxylation is 1. The molecule has 1 nitrogen and oxygen atoms in total. The molecule has 0 spiro atoms. The highest BCUT2D eigenvalue weighted by Gasteiger charge is 2.37. The van der Waals surface area contributed by atoms with E-state index in [9.17, 15) is 4.39 Å². The molecule has 1 aromatic rings. The highest BCUT2D eigenvalue weighted by Crippen LogP contribution is 2.43. The van der Waals surface area contributed by atoms with Gasteiger partial charge in [-0.15, -0.1) is 0 Å². The zero-order valence-corrected chi connectivity index (χ0v) is 11.9. The predicted molar refractivity (Wildman–Crippen MR) is 74.7 cm³/mol. The smallest absolute Gasteiger partial charge is 0.130 e. The lowest BCUT2D eigenvalue weighted by Gasteiger charge is -2.38. The first-order chi connectivity index (χ1) is 8.52. The zero-order valence-electron chi connectivity index (χ0n) is 11.2. The molecule has 100 valence electrons. The number of rotatable bonds is 2. The number of benzene rings is 1. The fraction of sp³-hybridized carbons (Fsp3) is 0.600. The summed E-state index contributed by atoms with van der Waals surface area (Å²) in [5, 5.41) is 0.655. The Morgan fingerprint density at radius 3 is 2.44 bits per heavy atom. The van der Waals surface area contributed by atoms with E-state index in [2.05, 4.69) is 0 Å². The SMILES string of the molecule is Cc1cc(Cl)c(C)c(C2(CN)CCCCC2)c1F. The highest BCUT2D eigenvalue weighted by atomic mass is 35.5. The van der Waals surface area contributed by atoms with E-state index in [1.165, 1.54) is 6.42 Å². The largest absolute Gasteiger partial charge is 0.330 e. The van der Waals surface area contributed by atoms with Crippen molar-refractivity contribution in [2.75, 3.05) is 6.54 Å². The van der Waals surface area contributed by atoms with E-state index in [0.717, 1.165) is 36.8 Å². The van der Waals surface area contributed by atoms with Crippen molar-refractivity contribution >= 4 is 11.6 Å². The van der Waals surface area contributed by atoms with E-state index < -0.39 is 0 Å². The molecule has 0 unspecified atom stereocenters. The lowest BCUT2D eigenvalue weighted by molar-refractivity contribution is 0.290. The fourth-order valence-electron chi connectivity index (χ4n) is 3.26. The lowest BCUT2D eigenvalue weighted by atomic mass is 9.68. The molecule has 0 radical (unpaired) electrons. The minimum atomic E-state index is -0.206. The van der Waals surface area contributed by atoms with Crippen LogP contribution in [0.1, 0.15) is 48.8 Å². The summed E-state index contributed by atoms with van der Waals surface area (Å²) in [6.07, 6.45) is 5.42. The Morgan fingerprint density at radius 1 is 1.28 bits per heavy atom. The van der Waals surface area contributed by atoms with Gasteiger partial charge >= 0.3 is 0 Å². The molecule has 0 atom stereocenters. The summed E-state index contributed by atoms with van der Waals surface area (Å²) in [4.78, 5) is 0. The van der Waals surface area contributed by atoms with Crippen LogP contribution in [-0.2, 0) is 5.41 Å². The summed E-state index contributed by atoms with van der Waals surface area (Å²) in [6, 6.07) is 1.71. The van der Waals surface area contributed by atoms with Crippen LogP contribution in [0.15, 0.2) is 6.07 Å². The van der Waals surface area contributed by atoms with Gasteiger partial charge in [-0.3, -0.25) is 0 Å². The van der Waals surface area contributed by atoms with E-state index in [1.54, 1.807) is 13.0 Å². The van der Waals surface area contributed by atoms with E-state index in [-0.39, 0.29) is 11.2 Å². The topological polar surface area (TPSA) is 26.0 Å². The molecule has 1 fully saturated rings. The maximum absolute atomic E-state index is 14.5. The van der Waals surface area contributed by atoms with Crippen molar-refractivity contribution in [2.24, 2.45) is 5.73 Å². The molecule has 0 aliphatic heterocycles. The minimum absolute atomic E-state index is 0.107. The van der Waals surface area contributed by atoms with Crippen LogP contribution in [0.4, 0.5) is 4.39 Å².